The lowest BCUT2D eigenvalue weighted by molar-refractivity contribution is -0.122. The molecule has 0 unspecified atom stereocenters. The topological polar surface area (TPSA) is 143 Å². The first-order chi connectivity index (χ1) is 17.5. The average Bonchev–Trinajstić information content (AvgIpc) is 3.53. The second-order valence-corrected chi connectivity index (χ2v) is 7.65. The zero-order valence-electron chi connectivity index (χ0n) is 19.6. The highest BCUT2D eigenvalue weighted by Crippen LogP contribution is 2.27. The fourth-order valence-electron chi connectivity index (χ4n) is 3.39. The van der Waals surface area contributed by atoms with E-state index in [1.807, 2.05) is 0 Å². The average molecular weight is 492 g/mol. The van der Waals surface area contributed by atoms with Gasteiger partial charge in [0.2, 0.25) is 11.8 Å². The molecule has 0 fully saturated rings. The summed E-state index contributed by atoms with van der Waals surface area (Å²) < 4.78 is 17.6. The van der Waals surface area contributed by atoms with Crippen molar-refractivity contribution in [2.75, 3.05) is 19.5 Å². The molecule has 0 saturated carbocycles. The molecular weight excluding hydrogens is 468 g/mol. The number of nitrogens with zero attached hydrogens (tertiary/aromatic N) is 4. The quantitative estimate of drug-likeness (QED) is 0.339. The van der Waals surface area contributed by atoms with Gasteiger partial charge in [-0.15, -0.1) is 0 Å². The van der Waals surface area contributed by atoms with Crippen LogP contribution in [0.1, 0.15) is 11.3 Å². The van der Waals surface area contributed by atoms with Gasteiger partial charge in [0.1, 0.15) is 12.3 Å². The maximum Gasteiger partial charge on any atom is 0.368 e. The monoisotopic (exact) mass is 492 g/mol. The molecule has 36 heavy (non-hydrogen) atoms. The Morgan fingerprint density at radius 3 is 2.44 bits per heavy atom. The second kappa shape index (κ2) is 11.0. The molecular formula is C24H24N6O6. The summed E-state index contributed by atoms with van der Waals surface area (Å²) in [5.74, 6) is 1.08. The molecule has 12 nitrogen and oxygen atoms in total. The number of methoxy groups -OCH3 is 2. The molecule has 0 aliphatic carbocycles. The molecule has 0 saturated heterocycles. The summed E-state index contributed by atoms with van der Waals surface area (Å²) in [7, 11) is 3.08. The van der Waals surface area contributed by atoms with Gasteiger partial charge in [-0.3, -0.25) is 9.59 Å². The van der Waals surface area contributed by atoms with Crippen molar-refractivity contribution >= 4 is 17.5 Å². The summed E-state index contributed by atoms with van der Waals surface area (Å²) in [5, 5.41) is 13.0. The zero-order valence-corrected chi connectivity index (χ0v) is 19.6. The molecule has 0 radical (unpaired) electrons. The first-order valence-corrected chi connectivity index (χ1v) is 10.9. The highest BCUT2D eigenvalue weighted by atomic mass is 16.5. The smallest absolute Gasteiger partial charge is 0.368 e. The summed E-state index contributed by atoms with van der Waals surface area (Å²) in [6.45, 7) is -0.0856. The summed E-state index contributed by atoms with van der Waals surface area (Å²) in [6.07, 6.45) is 1.64. The van der Waals surface area contributed by atoms with Crippen LogP contribution in [0.15, 0.2) is 70.1 Å². The van der Waals surface area contributed by atoms with Crippen LogP contribution in [0.4, 0.5) is 5.69 Å². The molecule has 2 aromatic carbocycles. The normalized spacial score (nSPS) is 10.6. The number of carbonyl (C=O) groups excluding carboxylic acids is 2. The van der Waals surface area contributed by atoms with Crippen LogP contribution >= 0.6 is 0 Å². The Morgan fingerprint density at radius 1 is 0.972 bits per heavy atom. The van der Waals surface area contributed by atoms with Gasteiger partial charge in [-0.2, -0.15) is 9.36 Å². The van der Waals surface area contributed by atoms with Gasteiger partial charge in [0, 0.05) is 5.69 Å². The molecule has 0 aliphatic rings. The van der Waals surface area contributed by atoms with Crippen molar-refractivity contribution in [3.05, 3.63) is 82.7 Å². The Morgan fingerprint density at radius 2 is 1.75 bits per heavy atom. The summed E-state index contributed by atoms with van der Waals surface area (Å²) in [4.78, 5) is 37.2. The van der Waals surface area contributed by atoms with Crippen molar-refractivity contribution < 1.29 is 23.5 Å². The van der Waals surface area contributed by atoms with Crippen LogP contribution < -0.4 is 25.8 Å². The third-order valence-corrected chi connectivity index (χ3v) is 5.18. The maximum atomic E-state index is 12.6. The molecule has 0 aliphatic heterocycles. The number of hydrogen-bond donors (Lipinski definition) is 2. The van der Waals surface area contributed by atoms with E-state index in [2.05, 4.69) is 21.1 Å². The number of tetrazole rings is 1. The van der Waals surface area contributed by atoms with Crippen molar-refractivity contribution in [1.29, 1.82) is 0 Å². The molecule has 0 spiro atoms. The number of aromatic nitrogens is 4. The van der Waals surface area contributed by atoms with Crippen LogP contribution in [0.5, 0.6) is 11.5 Å². The number of rotatable bonds is 10. The van der Waals surface area contributed by atoms with Gasteiger partial charge in [0.15, 0.2) is 11.5 Å². The first-order valence-electron chi connectivity index (χ1n) is 10.9. The molecule has 2 N–H and O–H groups in total. The molecule has 4 rings (SSSR count). The lowest BCUT2D eigenvalue weighted by Crippen LogP contribution is -2.33. The Balaban J connectivity index is 1.35. The third kappa shape index (κ3) is 5.78. The van der Waals surface area contributed by atoms with Crippen LogP contribution in [0.2, 0.25) is 0 Å². The minimum absolute atomic E-state index is 0.137. The van der Waals surface area contributed by atoms with E-state index in [1.165, 1.54) is 13.4 Å². The highest BCUT2D eigenvalue weighted by Gasteiger charge is 2.13. The van der Waals surface area contributed by atoms with E-state index in [0.29, 0.717) is 28.6 Å². The first kappa shape index (κ1) is 24.3. The number of furan rings is 1. The predicted molar refractivity (Wildman–Crippen MR) is 128 cm³/mol. The van der Waals surface area contributed by atoms with Crippen LogP contribution in [0, 0.1) is 0 Å². The molecule has 2 amide bonds. The largest absolute Gasteiger partial charge is 0.493 e. The van der Waals surface area contributed by atoms with E-state index >= 15 is 0 Å². The van der Waals surface area contributed by atoms with Crippen molar-refractivity contribution in [2.45, 2.75) is 19.5 Å². The predicted octanol–water partition coefficient (Wildman–Crippen LogP) is 1.54. The molecule has 186 valence electrons. The minimum atomic E-state index is -0.576. The fraction of sp³-hybridized carbons (Fsp3) is 0.208. The van der Waals surface area contributed by atoms with E-state index in [-0.39, 0.29) is 25.4 Å². The van der Waals surface area contributed by atoms with Crippen molar-refractivity contribution in [2.24, 2.45) is 0 Å². The fourth-order valence-corrected chi connectivity index (χ4v) is 3.39. The number of nitrogens with one attached hydrogen (secondary N) is 2. The van der Waals surface area contributed by atoms with Crippen LogP contribution in [0.25, 0.3) is 5.69 Å². The van der Waals surface area contributed by atoms with Crippen molar-refractivity contribution in [1.82, 2.24) is 25.1 Å². The van der Waals surface area contributed by atoms with E-state index in [4.69, 9.17) is 13.9 Å². The van der Waals surface area contributed by atoms with Crippen LogP contribution in [-0.4, -0.2) is 45.8 Å². The van der Waals surface area contributed by atoms with E-state index < -0.39 is 11.6 Å². The number of ether oxygens (including phenoxy) is 2. The number of carbonyl (C=O) groups is 2. The lowest BCUT2D eigenvalue weighted by atomic mass is 10.1. The summed E-state index contributed by atoms with van der Waals surface area (Å²) in [5.41, 5.74) is 1.16. The molecule has 2 aromatic heterocycles. The molecule has 4 aromatic rings. The highest BCUT2D eigenvalue weighted by molar-refractivity contribution is 5.92. The van der Waals surface area contributed by atoms with Gasteiger partial charge in [0.05, 0.1) is 39.1 Å². The van der Waals surface area contributed by atoms with Gasteiger partial charge in [0.25, 0.3) is 0 Å². The number of anilines is 1. The number of amides is 2. The van der Waals surface area contributed by atoms with Crippen LogP contribution in [-0.2, 0) is 29.1 Å². The van der Waals surface area contributed by atoms with E-state index in [0.717, 1.165) is 14.9 Å². The van der Waals surface area contributed by atoms with Gasteiger partial charge in [-0.25, -0.2) is 4.79 Å². The van der Waals surface area contributed by atoms with Crippen molar-refractivity contribution in [3.63, 3.8) is 0 Å². The van der Waals surface area contributed by atoms with Gasteiger partial charge in [-0.1, -0.05) is 6.07 Å². The second-order valence-electron chi connectivity index (χ2n) is 7.65. The van der Waals surface area contributed by atoms with Gasteiger partial charge >= 0.3 is 5.69 Å². The van der Waals surface area contributed by atoms with Crippen molar-refractivity contribution in [3.8, 4) is 17.2 Å². The standard InChI is InChI=1S/C24H24N6O6/c1-34-20-10-5-16(12-21(20)35-2)13-22(31)26-17-6-8-18(9-7-17)30-24(33)29(27-28-30)15-23(32)25-14-19-4-3-11-36-19/h3-12H,13-15H2,1-2H3,(H,25,32)(H,26,31). The molecule has 2 heterocycles. The summed E-state index contributed by atoms with van der Waals surface area (Å²) in [6, 6.07) is 15.2. The molecule has 0 bridgehead atoms. The SMILES string of the molecule is COc1ccc(CC(=O)Nc2ccc(-n3nnn(CC(=O)NCc4ccco4)c3=O)cc2)cc1OC. The summed E-state index contributed by atoms with van der Waals surface area (Å²) >= 11 is 0. The maximum absolute atomic E-state index is 12.6. The Labute approximate surface area is 205 Å². The zero-order chi connectivity index (χ0) is 25.5. The number of benzene rings is 2. The third-order valence-electron chi connectivity index (χ3n) is 5.18. The molecule has 0 atom stereocenters. The van der Waals surface area contributed by atoms with Gasteiger partial charge < -0.3 is 24.5 Å². The Kier molecular flexibility index (Phi) is 7.44. The Hall–Kier alpha value is -4.87. The minimum Gasteiger partial charge on any atom is -0.493 e. The van der Waals surface area contributed by atoms with Gasteiger partial charge in [-0.05, 0) is 64.5 Å². The molecule has 12 heteroatoms. The van der Waals surface area contributed by atoms with E-state index in [1.54, 1.807) is 61.7 Å². The lowest BCUT2D eigenvalue weighted by Gasteiger charge is -2.10. The van der Waals surface area contributed by atoms with Crippen LogP contribution in [0.3, 0.4) is 0 Å². The number of hydrogen-bond acceptors (Lipinski definition) is 8. The van der Waals surface area contributed by atoms with E-state index in [9.17, 15) is 14.4 Å². The Bertz CT molecular complexity index is 1390.